The number of sulfone groups is 1. The average Bonchev–Trinajstić information content (AvgIpc) is 2.97. The van der Waals surface area contributed by atoms with E-state index in [1.807, 2.05) is 32.0 Å². The first-order valence-electron chi connectivity index (χ1n) is 8.54. The zero-order valence-electron chi connectivity index (χ0n) is 15.2. The molecule has 1 atom stereocenters. The van der Waals surface area contributed by atoms with Crippen molar-refractivity contribution in [3.63, 3.8) is 0 Å². The Morgan fingerprint density at radius 2 is 1.88 bits per heavy atom. The summed E-state index contributed by atoms with van der Waals surface area (Å²) in [5, 5.41) is 3.29. The molecule has 6 nitrogen and oxygen atoms in total. The predicted octanol–water partition coefficient (Wildman–Crippen LogP) is 2.70. The van der Waals surface area contributed by atoms with Crippen LogP contribution in [0, 0.1) is 13.8 Å². The van der Waals surface area contributed by atoms with Crippen LogP contribution in [-0.4, -0.2) is 48.8 Å². The van der Waals surface area contributed by atoms with Crippen LogP contribution in [0.2, 0.25) is 0 Å². The number of nitrogens with zero attached hydrogens (tertiary/aromatic N) is 2. The Labute approximate surface area is 154 Å². The number of carbonyl (C=O) groups excluding carboxylic acids is 1. The van der Waals surface area contributed by atoms with Gasteiger partial charge in [0, 0.05) is 25.0 Å². The van der Waals surface area contributed by atoms with E-state index in [0.717, 1.165) is 16.8 Å². The summed E-state index contributed by atoms with van der Waals surface area (Å²) in [7, 11) is -1.38. The van der Waals surface area contributed by atoms with Gasteiger partial charge in [0.05, 0.1) is 17.1 Å². The van der Waals surface area contributed by atoms with Crippen molar-refractivity contribution in [2.75, 3.05) is 23.9 Å². The van der Waals surface area contributed by atoms with Crippen LogP contribution in [0.5, 0.6) is 0 Å². The van der Waals surface area contributed by atoms with Gasteiger partial charge in [-0.1, -0.05) is 18.2 Å². The number of aryl methyl sites for hydroxylation is 2. The lowest BCUT2D eigenvalue weighted by Crippen LogP contribution is -2.37. The maximum atomic E-state index is 12.6. The number of hydrogen-bond donors (Lipinski definition) is 1. The minimum absolute atomic E-state index is 0.0366. The molecule has 1 aromatic heterocycles. The fourth-order valence-corrected chi connectivity index (χ4v) is 4.96. The van der Waals surface area contributed by atoms with Crippen LogP contribution < -0.4 is 5.32 Å². The van der Waals surface area contributed by atoms with Gasteiger partial charge >= 0.3 is 0 Å². The predicted molar refractivity (Wildman–Crippen MR) is 103 cm³/mol. The van der Waals surface area contributed by atoms with E-state index in [9.17, 15) is 13.2 Å². The molecular weight excluding hydrogens is 350 g/mol. The van der Waals surface area contributed by atoms with Gasteiger partial charge in [0.25, 0.3) is 5.91 Å². The zero-order chi connectivity index (χ0) is 18.9. The van der Waals surface area contributed by atoms with Crippen molar-refractivity contribution < 1.29 is 13.2 Å². The number of benzene rings is 1. The number of anilines is 2. The van der Waals surface area contributed by atoms with E-state index < -0.39 is 9.84 Å². The molecule has 7 heteroatoms. The molecule has 0 aliphatic carbocycles. The lowest BCUT2D eigenvalue weighted by Gasteiger charge is -2.23. The normalized spacial score (nSPS) is 18.5. The molecule has 1 unspecified atom stereocenters. The Kier molecular flexibility index (Phi) is 5.00. The molecule has 1 saturated heterocycles. The second-order valence-electron chi connectivity index (χ2n) is 6.80. The highest BCUT2D eigenvalue weighted by atomic mass is 32.2. The van der Waals surface area contributed by atoms with E-state index >= 15 is 0 Å². The highest BCUT2D eigenvalue weighted by Gasteiger charge is 2.33. The third-order valence-electron chi connectivity index (χ3n) is 4.82. The van der Waals surface area contributed by atoms with Crippen LogP contribution in [0.4, 0.5) is 11.5 Å². The number of aromatic nitrogens is 1. The first-order chi connectivity index (χ1) is 12.3. The summed E-state index contributed by atoms with van der Waals surface area (Å²) in [5.41, 5.74) is 3.69. The van der Waals surface area contributed by atoms with E-state index in [2.05, 4.69) is 10.3 Å². The zero-order valence-corrected chi connectivity index (χ0v) is 16.0. The second kappa shape index (κ2) is 7.07. The van der Waals surface area contributed by atoms with Crippen LogP contribution in [0.25, 0.3) is 0 Å². The van der Waals surface area contributed by atoms with Crippen LogP contribution in [-0.2, 0) is 9.84 Å². The molecule has 0 radical (unpaired) electrons. The van der Waals surface area contributed by atoms with Crippen molar-refractivity contribution >= 4 is 27.2 Å². The quantitative estimate of drug-likeness (QED) is 0.891. The van der Waals surface area contributed by atoms with Crippen LogP contribution >= 0.6 is 0 Å². The van der Waals surface area contributed by atoms with E-state index in [-0.39, 0.29) is 23.5 Å². The Hall–Kier alpha value is -2.41. The highest BCUT2D eigenvalue weighted by molar-refractivity contribution is 7.91. The van der Waals surface area contributed by atoms with E-state index in [1.165, 1.54) is 11.1 Å². The van der Waals surface area contributed by atoms with Crippen LogP contribution in [0.15, 0.2) is 36.5 Å². The highest BCUT2D eigenvalue weighted by Crippen LogP contribution is 2.24. The molecule has 0 bridgehead atoms. The molecule has 1 aliphatic rings. The van der Waals surface area contributed by atoms with Gasteiger partial charge in [-0.05, 0) is 43.5 Å². The molecule has 1 N–H and O–H groups in total. The van der Waals surface area contributed by atoms with Crippen LogP contribution in [0.3, 0.4) is 0 Å². The molecule has 138 valence electrons. The topological polar surface area (TPSA) is 79.4 Å². The van der Waals surface area contributed by atoms with Crippen molar-refractivity contribution in [1.29, 1.82) is 0 Å². The van der Waals surface area contributed by atoms with E-state index in [4.69, 9.17) is 0 Å². The number of rotatable bonds is 4. The van der Waals surface area contributed by atoms with Crippen LogP contribution in [0.1, 0.15) is 27.9 Å². The first kappa shape index (κ1) is 18.4. The standard InChI is InChI=1S/C19H23N3O3S/c1-13-5-4-6-14(2)18(13)21-17-8-7-15(11-20-17)19(23)22(3)16-9-10-26(24,25)12-16/h4-8,11,16H,9-10,12H2,1-3H3,(H,20,21). The van der Waals surface area contributed by atoms with E-state index in [0.29, 0.717) is 17.8 Å². The number of carbonyl (C=O) groups is 1. The minimum Gasteiger partial charge on any atom is -0.340 e. The minimum atomic E-state index is -3.03. The molecule has 0 spiro atoms. The number of para-hydroxylation sites is 1. The molecule has 0 saturated carbocycles. The summed E-state index contributed by atoms with van der Waals surface area (Å²) < 4.78 is 23.2. The average molecular weight is 373 g/mol. The lowest BCUT2D eigenvalue weighted by molar-refractivity contribution is 0.0747. The summed E-state index contributed by atoms with van der Waals surface area (Å²) in [6, 6.07) is 9.27. The Morgan fingerprint density at radius 1 is 1.19 bits per heavy atom. The largest absolute Gasteiger partial charge is 0.340 e. The number of amides is 1. The van der Waals surface area contributed by atoms with Gasteiger partial charge < -0.3 is 10.2 Å². The molecule has 1 amide bonds. The molecule has 1 aromatic carbocycles. The maximum Gasteiger partial charge on any atom is 0.255 e. The molecule has 3 rings (SSSR count). The van der Waals surface area contributed by atoms with Gasteiger partial charge in [0.1, 0.15) is 5.82 Å². The van der Waals surface area contributed by atoms with Crippen molar-refractivity contribution in [3.8, 4) is 0 Å². The molecule has 1 fully saturated rings. The molecule has 26 heavy (non-hydrogen) atoms. The van der Waals surface area contributed by atoms with Gasteiger partial charge in [-0.2, -0.15) is 0 Å². The van der Waals surface area contributed by atoms with Gasteiger partial charge in [0.2, 0.25) is 0 Å². The fraction of sp³-hybridized carbons (Fsp3) is 0.368. The molecule has 2 aromatic rings. The second-order valence-corrected chi connectivity index (χ2v) is 9.03. The first-order valence-corrected chi connectivity index (χ1v) is 10.4. The lowest BCUT2D eigenvalue weighted by atomic mass is 10.1. The van der Waals surface area contributed by atoms with Crippen molar-refractivity contribution in [2.24, 2.45) is 0 Å². The SMILES string of the molecule is Cc1cccc(C)c1Nc1ccc(C(=O)N(C)C2CCS(=O)(=O)C2)cn1. The summed E-state index contributed by atoms with van der Waals surface area (Å²) in [5.74, 6) is 0.629. The summed E-state index contributed by atoms with van der Waals surface area (Å²) in [6.45, 7) is 4.05. The monoisotopic (exact) mass is 373 g/mol. The molecular formula is C19H23N3O3S. The Balaban J connectivity index is 1.72. The third kappa shape index (κ3) is 3.88. The van der Waals surface area contributed by atoms with Crippen molar-refractivity contribution in [1.82, 2.24) is 9.88 Å². The summed E-state index contributed by atoms with van der Waals surface area (Å²) in [4.78, 5) is 18.4. The van der Waals surface area contributed by atoms with Crippen molar-refractivity contribution in [3.05, 3.63) is 53.2 Å². The van der Waals surface area contributed by atoms with Gasteiger partial charge in [-0.15, -0.1) is 0 Å². The smallest absolute Gasteiger partial charge is 0.255 e. The van der Waals surface area contributed by atoms with Gasteiger partial charge in [0.15, 0.2) is 9.84 Å². The number of nitrogens with one attached hydrogen (secondary N) is 1. The molecule has 2 heterocycles. The Morgan fingerprint density at radius 3 is 2.42 bits per heavy atom. The summed E-state index contributed by atoms with van der Waals surface area (Å²) >= 11 is 0. The summed E-state index contributed by atoms with van der Waals surface area (Å²) in [6.07, 6.45) is 2.02. The van der Waals surface area contributed by atoms with Gasteiger partial charge in [-0.3, -0.25) is 4.79 Å². The van der Waals surface area contributed by atoms with Crippen molar-refractivity contribution in [2.45, 2.75) is 26.3 Å². The number of hydrogen-bond acceptors (Lipinski definition) is 5. The molecule has 1 aliphatic heterocycles. The fourth-order valence-electron chi connectivity index (χ4n) is 3.18. The van der Waals surface area contributed by atoms with E-state index in [1.54, 1.807) is 19.2 Å². The third-order valence-corrected chi connectivity index (χ3v) is 6.57. The van der Waals surface area contributed by atoms with Gasteiger partial charge in [-0.25, -0.2) is 13.4 Å². The maximum absolute atomic E-state index is 12.6. The number of pyridine rings is 1. The Bertz CT molecular complexity index is 903.